The molecule has 2 aromatic rings. The van der Waals surface area contributed by atoms with Crippen molar-refractivity contribution >= 4 is 11.7 Å². The van der Waals surface area contributed by atoms with Crippen LogP contribution in [0.2, 0.25) is 0 Å². The number of anilines is 1. The Kier molecular flexibility index (Phi) is 6.22. The molecule has 1 atom stereocenters. The highest BCUT2D eigenvalue weighted by Crippen LogP contribution is 2.32. The van der Waals surface area contributed by atoms with E-state index in [9.17, 15) is 9.90 Å². The van der Waals surface area contributed by atoms with Crippen molar-refractivity contribution in [1.82, 2.24) is 5.32 Å². The Bertz CT molecular complexity index is 783. The van der Waals surface area contributed by atoms with Crippen molar-refractivity contribution in [3.63, 3.8) is 0 Å². The molecule has 0 bridgehead atoms. The first-order valence-electron chi connectivity index (χ1n) is 8.53. The van der Waals surface area contributed by atoms with Crippen molar-refractivity contribution in [3.05, 3.63) is 42.5 Å². The molecule has 0 aromatic heterocycles. The monoisotopic (exact) mass is 374 g/mol. The van der Waals surface area contributed by atoms with Crippen LogP contribution in [0.5, 0.6) is 23.0 Å². The molecule has 1 unspecified atom stereocenters. The third-order valence-corrected chi connectivity index (χ3v) is 3.78. The number of benzene rings is 2. The molecule has 27 heavy (non-hydrogen) atoms. The van der Waals surface area contributed by atoms with Crippen LogP contribution in [0.4, 0.5) is 10.5 Å². The molecule has 1 aliphatic rings. The van der Waals surface area contributed by atoms with Gasteiger partial charge in [0.2, 0.25) is 0 Å². The molecule has 8 heteroatoms. The van der Waals surface area contributed by atoms with Gasteiger partial charge in [-0.3, -0.25) is 0 Å². The fourth-order valence-corrected chi connectivity index (χ4v) is 2.45. The van der Waals surface area contributed by atoms with Crippen molar-refractivity contribution in [3.8, 4) is 23.0 Å². The van der Waals surface area contributed by atoms with E-state index >= 15 is 0 Å². The first kappa shape index (κ1) is 18.7. The number of fused-ring (bicyclic) bond motifs is 1. The van der Waals surface area contributed by atoms with Crippen molar-refractivity contribution in [2.45, 2.75) is 6.10 Å². The van der Waals surface area contributed by atoms with Gasteiger partial charge in [-0.05, 0) is 24.3 Å². The lowest BCUT2D eigenvalue weighted by Crippen LogP contribution is -2.37. The van der Waals surface area contributed by atoms with E-state index in [0.717, 1.165) is 0 Å². The Morgan fingerprint density at radius 2 is 1.93 bits per heavy atom. The summed E-state index contributed by atoms with van der Waals surface area (Å²) in [5.74, 6) is 2.48. The zero-order valence-corrected chi connectivity index (χ0v) is 14.9. The van der Waals surface area contributed by atoms with Crippen molar-refractivity contribution in [2.24, 2.45) is 0 Å². The van der Waals surface area contributed by atoms with Crippen LogP contribution in [0.15, 0.2) is 42.5 Å². The quantitative estimate of drug-likeness (QED) is 0.686. The number of urea groups is 1. The van der Waals surface area contributed by atoms with Crippen LogP contribution in [0.1, 0.15) is 0 Å². The molecule has 0 fully saturated rings. The molecule has 1 aliphatic heterocycles. The van der Waals surface area contributed by atoms with E-state index in [1.165, 1.54) is 0 Å². The van der Waals surface area contributed by atoms with Gasteiger partial charge in [0.15, 0.2) is 11.5 Å². The Hall–Kier alpha value is -3.13. The van der Waals surface area contributed by atoms with Crippen molar-refractivity contribution in [2.75, 3.05) is 38.8 Å². The normalized spacial score (nSPS) is 13.4. The minimum Gasteiger partial charge on any atom is -0.497 e. The van der Waals surface area contributed by atoms with E-state index in [4.69, 9.17) is 18.9 Å². The Morgan fingerprint density at radius 3 is 2.74 bits per heavy atom. The molecular weight excluding hydrogens is 352 g/mol. The van der Waals surface area contributed by atoms with Gasteiger partial charge in [0, 0.05) is 24.4 Å². The van der Waals surface area contributed by atoms with Crippen LogP contribution in [0.3, 0.4) is 0 Å². The highest BCUT2D eigenvalue weighted by Gasteiger charge is 2.13. The summed E-state index contributed by atoms with van der Waals surface area (Å²) in [7, 11) is 1.57. The average molecular weight is 374 g/mol. The van der Waals surface area contributed by atoms with Crippen LogP contribution in [-0.2, 0) is 0 Å². The van der Waals surface area contributed by atoms with Crippen LogP contribution < -0.4 is 29.6 Å². The molecule has 3 N–H and O–H groups in total. The molecule has 144 valence electrons. The lowest BCUT2D eigenvalue weighted by atomic mass is 10.2. The van der Waals surface area contributed by atoms with Gasteiger partial charge in [-0.1, -0.05) is 6.07 Å². The lowest BCUT2D eigenvalue weighted by Gasteiger charge is -2.19. The Morgan fingerprint density at radius 1 is 1.15 bits per heavy atom. The van der Waals surface area contributed by atoms with Gasteiger partial charge in [0.05, 0.1) is 7.11 Å². The molecule has 0 saturated carbocycles. The zero-order valence-electron chi connectivity index (χ0n) is 14.9. The molecule has 2 amide bonds. The molecule has 0 radical (unpaired) electrons. The maximum atomic E-state index is 12.0. The predicted octanol–water partition coefficient (Wildman–Crippen LogP) is 2.03. The number of methoxy groups -OCH3 is 1. The first-order valence-corrected chi connectivity index (χ1v) is 8.53. The molecule has 2 aromatic carbocycles. The first-order chi connectivity index (χ1) is 13.1. The number of nitrogens with one attached hydrogen (secondary N) is 2. The molecule has 8 nitrogen and oxygen atoms in total. The molecule has 0 aliphatic carbocycles. The molecule has 0 spiro atoms. The third kappa shape index (κ3) is 5.42. The second kappa shape index (κ2) is 9.00. The minimum atomic E-state index is -0.859. The topological polar surface area (TPSA) is 98.3 Å². The van der Waals surface area contributed by atoms with Crippen LogP contribution >= 0.6 is 0 Å². The molecule has 3 rings (SSSR count). The summed E-state index contributed by atoms with van der Waals surface area (Å²) in [5, 5.41) is 15.2. The standard InChI is InChI=1S/C19H22N2O6/c1-24-15-3-2-4-16(10-15)27-12-14(22)11-20-19(23)21-13-5-6-17-18(9-13)26-8-7-25-17/h2-6,9-10,14,22H,7-8,11-12H2,1H3,(H2,20,21,23). The highest BCUT2D eigenvalue weighted by molar-refractivity contribution is 5.89. The maximum absolute atomic E-state index is 12.0. The zero-order chi connectivity index (χ0) is 19.1. The number of hydrogen-bond donors (Lipinski definition) is 3. The number of hydrogen-bond acceptors (Lipinski definition) is 6. The number of amides is 2. The summed E-state index contributed by atoms with van der Waals surface area (Å²) < 4.78 is 21.5. The molecule has 1 heterocycles. The smallest absolute Gasteiger partial charge is 0.319 e. The predicted molar refractivity (Wildman–Crippen MR) is 98.9 cm³/mol. The van der Waals surface area contributed by atoms with Gasteiger partial charge >= 0.3 is 6.03 Å². The van der Waals surface area contributed by atoms with Crippen LogP contribution in [-0.4, -0.2) is 50.7 Å². The lowest BCUT2D eigenvalue weighted by molar-refractivity contribution is 0.108. The highest BCUT2D eigenvalue weighted by atomic mass is 16.6. The van der Waals surface area contributed by atoms with E-state index in [1.807, 2.05) is 0 Å². The number of aliphatic hydroxyl groups is 1. The molecule has 0 saturated heterocycles. The SMILES string of the molecule is COc1cccc(OCC(O)CNC(=O)Nc2ccc3c(c2)OCCO3)c1. The van der Waals surface area contributed by atoms with E-state index in [-0.39, 0.29) is 13.2 Å². The van der Waals surface area contributed by atoms with Crippen LogP contribution in [0, 0.1) is 0 Å². The van der Waals surface area contributed by atoms with Gasteiger partial charge in [-0.15, -0.1) is 0 Å². The van der Waals surface area contributed by atoms with E-state index < -0.39 is 12.1 Å². The summed E-state index contributed by atoms with van der Waals surface area (Å²) in [6.07, 6.45) is -0.859. The largest absolute Gasteiger partial charge is 0.497 e. The summed E-state index contributed by atoms with van der Waals surface area (Å²) >= 11 is 0. The van der Waals surface area contributed by atoms with Gasteiger partial charge in [0.1, 0.15) is 37.4 Å². The second-order valence-corrected chi connectivity index (χ2v) is 5.84. The number of aliphatic hydroxyl groups excluding tert-OH is 1. The van der Waals surface area contributed by atoms with Crippen molar-refractivity contribution < 1.29 is 28.8 Å². The number of carbonyl (C=O) groups excluding carboxylic acids is 1. The fraction of sp³-hybridized carbons (Fsp3) is 0.316. The number of ether oxygens (including phenoxy) is 4. The van der Waals surface area contributed by atoms with Gasteiger partial charge in [-0.25, -0.2) is 4.79 Å². The summed E-state index contributed by atoms with van der Waals surface area (Å²) in [5.41, 5.74) is 0.568. The number of carbonyl (C=O) groups is 1. The van der Waals surface area contributed by atoms with E-state index in [1.54, 1.807) is 49.6 Å². The van der Waals surface area contributed by atoms with Gasteiger partial charge < -0.3 is 34.7 Å². The second-order valence-electron chi connectivity index (χ2n) is 5.84. The van der Waals surface area contributed by atoms with Crippen LogP contribution in [0.25, 0.3) is 0 Å². The van der Waals surface area contributed by atoms with Gasteiger partial charge in [-0.2, -0.15) is 0 Å². The summed E-state index contributed by atoms with van der Waals surface area (Å²) in [4.78, 5) is 12.0. The van der Waals surface area contributed by atoms with Gasteiger partial charge in [0.25, 0.3) is 0 Å². The number of rotatable bonds is 7. The Labute approximate surface area is 157 Å². The average Bonchev–Trinajstić information content (AvgIpc) is 2.71. The molecular formula is C19H22N2O6. The maximum Gasteiger partial charge on any atom is 0.319 e. The fourth-order valence-electron chi connectivity index (χ4n) is 2.45. The van der Waals surface area contributed by atoms with E-state index in [0.29, 0.717) is 41.9 Å². The summed E-state index contributed by atoms with van der Waals surface area (Å²) in [6, 6.07) is 11.8. The minimum absolute atomic E-state index is 0.0392. The summed E-state index contributed by atoms with van der Waals surface area (Å²) in [6.45, 7) is 1.07. The van der Waals surface area contributed by atoms with E-state index in [2.05, 4.69) is 10.6 Å². The van der Waals surface area contributed by atoms with Crippen molar-refractivity contribution in [1.29, 1.82) is 0 Å². The Balaban J connectivity index is 1.41. The third-order valence-electron chi connectivity index (χ3n) is 3.78.